The van der Waals surface area contributed by atoms with E-state index in [1.54, 1.807) is 17.7 Å². The summed E-state index contributed by atoms with van der Waals surface area (Å²) >= 11 is 0. The molecule has 2 aromatic heterocycles. The third-order valence-corrected chi connectivity index (χ3v) is 3.26. The normalized spacial score (nSPS) is 10.9. The fraction of sp³-hybridized carbons (Fsp3) is 0.133. The molecule has 3 aromatic rings. The highest BCUT2D eigenvalue weighted by Crippen LogP contribution is 2.28. The highest BCUT2D eigenvalue weighted by molar-refractivity contribution is 5.75. The highest BCUT2D eigenvalue weighted by atomic mass is 16.5. The van der Waals surface area contributed by atoms with Gasteiger partial charge in [0.1, 0.15) is 22.9 Å². The summed E-state index contributed by atoms with van der Waals surface area (Å²) in [6.07, 6.45) is 1.80. The third-order valence-electron chi connectivity index (χ3n) is 3.26. The molecule has 0 saturated heterocycles. The topological polar surface area (TPSA) is 72.8 Å². The average molecular weight is 269 g/mol. The van der Waals surface area contributed by atoms with E-state index in [9.17, 15) is 5.11 Å². The van der Waals surface area contributed by atoms with E-state index in [2.05, 4.69) is 4.98 Å². The lowest BCUT2D eigenvalue weighted by Gasteiger charge is -2.02. The lowest BCUT2D eigenvalue weighted by Crippen LogP contribution is -1.96. The first-order valence-electron chi connectivity index (χ1n) is 6.24. The van der Waals surface area contributed by atoms with Gasteiger partial charge in [-0.2, -0.15) is 0 Å². The van der Waals surface area contributed by atoms with E-state index < -0.39 is 0 Å². The Morgan fingerprint density at radius 2 is 1.95 bits per heavy atom. The van der Waals surface area contributed by atoms with E-state index in [4.69, 9.17) is 10.5 Å². The maximum atomic E-state index is 9.18. The number of anilines is 1. The van der Waals surface area contributed by atoms with Gasteiger partial charge in [0.15, 0.2) is 0 Å². The first-order chi connectivity index (χ1) is 9.72. The molecule has 3 N–H and O–H groups in total. The van der Waals surface area contributed by atoms with Gasteiger partial charge >= 0.3 is 0 Å². The Hall–Kier alpha value is -2.53. The fourth-order valence-corrected chi connectivity index (χ4v) is 2.16. The van der Waals surface area contributed by atoms with Crippen molar-refractivity contribution in [3.63, 3.8) is 0 Å². The summed E-state index contributed by atoms with van der Waals surface area (Å²) in [4.78, 5) is 4.53. The lowest BCUT2D eigenvalue weighted by molar-refractivity contribution is 0.281. The molecule has 5 nitrogen and oxygen atoms in total. The molecule has 1 aromatic carbocycles. The summed E-state index contributed by atoms with van der Waals surface area (Å²) in [6.45, 7) is -0.0224. The molecule has 102 valence electrons. The van der Waals surface area contributed by atoms with Gasteiger partial charge in [-0.05, 0) is 35.9 Å². The number of nitrogens with zero attached hydrogens (tertiary/aromatic N) is 2. The second kappa shape index (κ2) is 4.86. The Bertz CT molecular complexity index is 748. The molecule has 0 atom stereocenters. The molecular formula is C15H15N3O2. The van der Waals surface area contributed by atoms with Crippen LogP contribution >= 0.6 is 0 Å². The Labute approximate surface area is 116 Å². The van der Waals surface area contributed by atoms with Crippen LogP contribution in [0.15, 0.2) is 42.6 Å². The second-order valence-corrected chi connectivity index (χ2v) is 4.50. The highest BCUT2D eigenvalue weighted by Gasteiger charge is 2.11. The van der Waals surface area contributed by atoms with Crippen molar-refractivity contribution < 1.29 is 9.84 Å². The number of rotatable bonds is 3. The standard InChI is InChI=1S/C15H15N3O2/c1-20-12-5-3-11(4-6-12)14-15(16)18-8-10(9-19)2-7-13(18)17-14/h2-8,19H,9,16H2,1H3. The van der Waals surface area contributed by atoms with Gasteiger partial charge in [0.05, 0.1) is 13.7 Å². The molecule has 0 saturated carbocycles. The number of hydrogen-bond donors (Lipinski definition) is 2. The van der Waals surface area contributed by atoms with Crippen LogP contribution in [-0.4, -0.2) is 21.6 Å². The van der Waals surface area contributed by atoms with Crippen molar-refractivity contribution >= 4 is 11.5 Å². The Morgan fingerprint density at radius 3 is 2.60 bits per heavy atom. The maximum Gasteiger partial charge on any atom is 0.139 e. The number of pyridine rings is 1. The van der Waals surface area contributed by atoms with Gasteiger partial charge in [0.2, 0.25) is 0 Å². The number of benzene rings is 1. The number of imidazole rings is 1. The van der Waals surface area contributed by atoms with Crippen LogP contribution in [-0.2, 0) is 6.61 Å². The van der Waals surface area contributed by atoms with E-state index in [1.165, 1.54) is 0 Å². The molecule has 0 aliphatic rings. The molecule has 0 aliphatic carbocycles. The summed E-state index contributed by atoms with van der Waals surface area (Å²) in [7, 11) is 1.63. The van der Waals surface area contributed by atoms with Gasteiger partial charge in [0.25, 0.3) is 0 Å². The smallest absolute Gasteiger partial charge is 0.139 e. The van der Waals surface area contributed by atoms with Gasteiger partial charge in [0, 0.05) is 11.8 Å². The minimum Gasteiger partial charge on any atom is -0.497 e. The van der Waals surface area contributed by atoms with E-state index >= 15 is 0 Å². The molecule has 5 heteroatoms. The zero-order valence-corrected chi connectivity index (χ0v) is 11.1. The van der Waals surface area contributed by atoms with Crippen molar-refractivity contribution in [3.8, 4) is 17.0 Å². The first-order valence-corrected chi connectivity index (χ1v) is 6.24. The fourth-order valence-electron chi connectivity index (χ4n) is 2.16. The average Bonchev–Trinajstić information content (AvgIpc) is 2.84. The van der Waals surface area contributed by atoms with Gasteiger partial charge in [-0.1, -0.05) is 6.07 Å². The van der Waals surface area contributed by atoms with Crippen molar-refractivity contribution in [2.45, 2.75) is 6.61 Å². The number of aliphatic hydroxyl groups is 1. The second-order valence-electron chi connectivity index (χ2n) is 4.50. The summed E-state index contributed by atoms with van der Waals surface area (Å²) in [5.74, 6) is 1.35. The van der Waals surface area contributed by atoms with Crippen LogP contribution in [0.3, 0.4) is 0 Å². The van der Waals surface area contributed by atoms with Crippen molar-refractivity contribution in [2.24, 2.45) is 0 Å². The molecule has 0 spiro atoms. The van der Waals surface area contributed by atoms with Crippen molar-refractivity contribution in [2.75, 3.05) is 12.8 Å². The van der Waals surface area contributed by atoms with Crippen LogP contribution < -0.4 is 10.5 Å². The molecular weight excluding hydrogens is 254 g/mol. The number of aromatic nitrogens is 2. The van der Waals surface area contributed by atoms with E-state index in [0.717, 1.165) is 28.2 Å². The minimum atomic E-state index is -0.0224. The van der Waals surface area contributed by atoms with Crippen LogP contribution in [0.25, 0.3) is 16.9 Å². The molecule has 0 radical (unpaired) electrons. The molecule has 0 unspecified atom stereocenters. The molecule has 0 amide bonds. The zero-order valence-electron chi connectivity index (χ0n) is 11.1. The predicted octanol–water partition coefficient (Wildman–Crippen LogP) is 2.08. The first kappa shape index (κ1) is 12.5. The number of aliphatic hydroxyl groups excluding tert-OH is 1. The molecule has 0 bridgehead atoms. The molecule has 2 heterocycles. The number of hydrogen-bond acceptors (Lipinski definition) is 4. The molecule has 0 fully saturated rings. The van der Waals surface area contributed by atoms with Gasteiger partial charge in [-0.3, -0.25) is 4.40 Å². The van der Waals surface area contributed by atoms with E-state index in [-0.39, 0.29) is 6.61 Å². The Kier molecular flexibility index (Phi) is 3.04. The van der Waals surface area contributed by atoms with Crippen LogP contribution in [0.2, 0.25) is 0 Å². The number of nitrogens with two attached hydrogens (primary N) is 1. The van der Waals surface area contributed by atoms with Crippen LogP contribution in [0.5, 0.6) is 5.75 Å². The maximum absolute atomic E-state index is 9.18. The zero-order chi connectivity index (χ0) is 14.1. The predicted molar refractivity (Wildman–Crippen MR) is 77.5 cm³/mol. The quantitative estimate of drug-likeness (QED) is 0.763. The monoisotopic (exact) mass is 269 g/mol. The number of ether oxygens (including phenoxy) is 1. The minimum absolute atomic E-state index is 0.0224. The SMILES string of the molecule is COc1ccc(-c2nc3ccc(CO)cn3c2N)cc1. The Morgan fingerprint density at radius 1 is 1.20 bits per heavy atom. The summed E-state index contributed by atoms with van der Waals surface area (Å²) < 4.78 is 6.92. The summed E-state index contributed by atoms with van der Waals surface area (Å²) in [6, 6.07) is 11.3. The Balaban J connectivity index is 2.13. The summed E-state index contributed by atoms with van der Waals surface area (Å²) in [5.41, 5.74) is 9.36. The molecule has 20 heavy (non-hydrogen) atoms. The molecule has 3 rings (SSSR count). The number of nitrogen functional groups attached to an aromatic ring is 1. The van der Waals surface area contributed by atoms with Gasteiger partial charge < -0.3 is 15.6 Å². The van der Waals surface area contributed by atoms with Crippen LogP contribution in [0, 0.1) is 0 Å². The number of fused-ring (bicyclic) bond motifs is 1. The molecule has 0 aliphatic heterocycles. The van der Waals surface area contributed by atoms with Crippen LogP contribution in [0.1, 0.15) is 5.56 Å². The van der Waals surface area contributed by atoms with Crippen LogP contribution in [0.4, 0.5) is 5.82 Å². The third kappa shape index (κ3) is 1.98. The van der Waals surface area contributed by atoms with Gasteiger partial charge in [-0.25, -0.2) is 4.98 Å². The lowest BCUT2D eigenvalue weighted by atomic mass is 10.1. The van der Waals surface area contributed by atoms with E-state index in [0.29, 0.717) is 5.82 Å². The van der Waals surface area contributed by atoms with Crippen molar-refractivity contribution in [3.05, 3.63) is 48.2 Å². The largest absolute Gasteiger partial charge is 0.497 e. The van der Waals surface area contributed by atoms with Crippen molar-refractivity contribution in [1.82, 2.24) is 9.38 Å². The van der Waals surface area contributed by atoms with Crippen molar-refractivity contribution in [1.29, 1.82) is 0 Å². The summed E-state index contributed by atoms with van der Waals surface area (Å²) in [5, 5.41) is 9.18. The number of methoxy groups -OCH3 is 1. The van der Waals surface area contributed by atoms with Gasteiger partial charge in [-0.15, -0.1) is 0 Å². The van der Waals surface area contributed by atoms with E-state index in [1.807, 2.05) is 36.4 Å².